The van der Waals surface area contributed by atoms with Gasteiger partial charge in [0, 0.05) is 42.7 Å². The van der Waals surface area contributed by atoms with Gasteiger partial charge in [0.2, 0.25) is 5.91 Å². The molecule has 0 aliphatic rings. The van der Waals surface area contributed by atoms with Gasteiger partial charge >= 0.3 is 5.63 Å². The van der Waals surface area contributed by atoms with Crippen LogP contribution in [0.2, 0.25) is 0 Å². The van der Waals surface area contributed by atoms with Crippen LogP contribution in [0.4, 0.5) is 0 Å². The highest BCUT2D eigenvalue weighted by Crippen LogP contribution is 2.35. The average Bonchev–Trinajstić information content (AvgIpc) is 3.49. The molecule has 0 fully saturated rings. The van der Waals surface area contributed by atoms with E-state index in [-0.39, 0.29) is 12.3 Å². The zero-order valence-corrected chi connectivity index (χ0v) is 19.5. The molecule has 8 nitrogen and oxygen atoms in total. The molecule has 0 atom stereocenters. The first-order valence-electron chi connectivity index (χ1n) is 11.4. The quantitative estimate of drug-likeness (QED) is 0.335. The lowest BCUT2D eigenvalue weighted by atomic mass is 10.0. The van der Waals surface area contributed by atoms with Crippen molar-refractivity contribution < 1.29 is 18.4 Å². The highest BCUT2D eigenvalue weighted by atomic mass is 16.5. The number of nitrogens with zero attached hydrogens (tertiary/aromatic N) is 2. The molecule has 35 heavy (non-hydrogen) atoms. The Labute approximate surface area is 201 Å². The highest BCUT2D eigenvalue weighted by Gasteiger charge is 2.22. The number of hydrogen-bond acceptors (Lipinski definition) is 6. The molecule has 8 heteroatoms. The summed E-state index contributed by atoms with van der Waals surface area (Å²) in [5, 5.41) is 9.39. The van der Waals surface area contributed by atoms with Gasteiger partial charge in [-0.1, -0.05) is 18.2 Å². The van der Waals surface area contributed by atoms with Crippen LogP contribution in [0.25, 0.3) is 33.1 Å². The Morgan fingerprint density at radius 3 is 2.74 bits per heavy atom. The molecule has 0 bridgehead atoms. The summed E-state index contributed by atoms with van der Waals surface area (Å²) in [6.07, 6.45) is 4.34. The van der Waals surface area contributed by atoms with Crippen molar-refractivity contribution in [2.75, 3.05) is 13.7 Å². The van der Waals surface area contributed by atoms with E-state index in [1.54, 1.807) is 26.3 Å². The fourth-order valence-electron chi connectivity index (χ4n) is 4.24. The molecule has 0 saturated heterocycles. The van der Waals surface area contributed by atoms with Crippen molar-refractivity contribution in [1.82, 2.24) is 15.1 Å². The second-order valence-corrected chi connectivity index (χ2v) is 8.37. The van der Waals surface area contributed by atoms with Crippen LogP contribution in [0.5, 0.6) is 5.75 Å². The van der Waals surface area contributed by atoms with E-state index in [0.29, 0.717) is 41.1 Å². The van der Waals surface area contributed by atoms with Crippen LogP contribution in [0, 0.1) is 6.92 Å². The maximum atomic E-state index is 12.8. The number of nitrogens with one attached hydrogen (secondary N) is 1. The Morgan fingerprint density at radius 1 is 1.11 bits per heavy atom. The fraction of sp³-hybridized carbons (Fsp3) is 0.222. The third-order valence-corrected chi connectivity index (χ3v) is 5.92. The second-order valence-electron chi connectivity index (χ2n) is 8.37. The number of fused-ring (bicyclic) bond motifs is 2. The summed E-state index contributed by atoms with van der Waals surface area (Å²) in [5.74, 6) is 1.51. The predicted octanol–water partition coefficient (Wildman–Crippen LogP) is 4.47. The van der Waals surface area contributed by atoms with Gasteiger partial charge in [0.05, 0.1) is 13.5 Å². The number of carbonyl (C=O) groups is 1. The average molecular weight is 472 g/mol. The number of aromatic nitrogens is 2. The number of methoxy groups -OCH3 is 1. The predicted molar refractivity (Wildman–Crippen MR) is 133 cm³/mol. The summed E-state index contributed by atoms with van der Waals surface area (Å²) >= 11 is 0. The van der Waals surface area contributed by atoms with E-state index < -0.39 is 5.63 Å². The van der Waals surface area contributed by atoms with Gasteiger partial charge in [-0.2, -0.15) is 5.10 Å². The van der Waals surface area contributed by atoms with E-state index in [9.17, 15) is 9.59 Å². The van der Waals surface area contributed by atoms with Crippen LogP contribution < -0.4 is 15.7 Å². The van der Waals surface area contributed by atoms with E-state index in [4.69, 9.17) is 13.6 Å². The lowest BCUT2D eigenvalue weighted by molar-refractivity contribution is -0.120. The smallest absolute Gasteiger partial charge is 0.347 e. The van der Waals surface area contributed by atoms with Gasteiger partial charge in [-0.15, -0.1) is 0 Å². The van der Waals surface area contributed by atoms with Crippen molar-refractivity contribution in [1.29, 1.82) is 0 Å². The zero-order valence-electron chi connectivity index (χ0n) is 19.5. The normalized spacial score (nSPS) is 11.3. The molecule has 0 aliphatic carbocycles. The first kappa shape index (κ1) is 22.5. The molecule has 178 valence electrons. The summed E-state index contributed by atoms with van der Waals surface area (Å²) in [6, 6.07) is 15.2. The van der Waals surface area contributed by atoms with E-state index in [0.717, 1.165) is 28.5 Å². The van der Waals surface area contributed by atoms with Crippen molar-refractivity contribution in [2.45, 2.75) is 26.3 Å². The molecule has 3 aromatic heterocycles. The maximum Gasteiger partial charge on any atom is 0.347 e. The van der Waals surface area contributed by atoms with Crippen molar-refractivity contribution in [3.63, 3.8) is 0 Å². The van der Waals surface area contributed by atoms with E-state index in [2.05, 4.69) is 10.4 Å². The van der Waals surface area contributed by atoms with Gasteiger partial charge in [-0.05, 0) is 48.4 Å². The number of rotatable bonds is 8. The Bertz CT molecular complexity index is 1560. The summed E-state index contributed by atoms with van der Waals surface area (Å²) in [7, 11) is 1.63. The van der Waals surface area contributed by atoms with Crippen LogP contribution in [-0.4, -0.2) is 29.3 Å². The van der Waals surface area contributed by atoms with Gasteiger partial charge in [0.15, 0.2) is 0 Å². The number of carbonyl (C=O) groups excluding carboxylic acids is 1. The van der Waals surface area contributed by atoms with Crippen molar-refractivity contribution in [3.05, 3.63) is 82.7 Å². The molecular formula is C27H25N3O5. The number of furan rings is 1. The number of ether oxygens (including phenoxy) is 1. The number of amides is 1. The third kappa shape index (κ3) is 4.68. The van der Waals surface area contributed by atoms with Crippen LogP contribution in [0.1, 0.15) is 17.7 Å². The molecule has 0 saturated carbocycles. The minimum absolute atomic E-state index is 0.00141. The third-order valence-electron chi connectivity index (χ3n) is 5.92. The van der Waals surface area contributed by atoms with Gasteiger partial charge < -0.3 is 18.9 Å². The van der Waals surface area contributed by atoms with Crippen LogP contribution in [0.15, 0.2) is 74.6 Å². The van der Waals surface area contributed by atoms with Crippen molar-refractivity contribution >= 4 is 27.6 Å². The van der Waals surface area contributed by atoms with Crippen LogP contribution in [-0.2, 0) is 17.8 Å². The summed E-state index contributed by atoms with van der Waals surface area (Å²) in [6.45, 7) is 2.89. The lowest BCUT2D eigenvalue weighted by Crippen LogP contribution is -2.27. The maximum absolute atomic E-state index is 12.8. The summed E-state index contributed by atoms with van der Waals surface area (Å²) in [5.41, 5.74) is 1.19. The molecule has 1 amide bonds. The fourth-order valence-corrected chi connectivity index (χ4v) is 4.24. The Hall–Kier alpha value is -4.33. The van der Waals surface area contributed by atoms with Crippen molar-refractivity contribution in [2.24, 2.45) is 0 Å². The topological polar surface area (TPSA) is 99.5 Å². The number of aryl methyl sites for hydroxylation is 2. The SMILES string of the molecule is COc1ccc2cc(-c3oc4cc(C)oc(=O)c4c3CC(=O)NCCCn3cccn3)ccc2c1. The number of benzene rings is 2. The standard InChI is InChI=1S/C27H25N3O5/c1-17-13-23-25(27(32)34-17)22(16-24(31)28-9-3-11-30-12-4-10-29-30)26(35-23)20-6-5-19-15-21(33-2)8-7-18(19)14-20/h4-8,10,12-15H,3,9,11,16H2,1-2H3,(H,28,31). The minimum Gasteiger partial charge on any atom is -0.497 e. The number of hydrogen-bond donors (Lipinski definition) is 1. The van der Waals surface area contributed by atoms with Crippen molar-refractivity contribution in [3.8, 4) is 17.1 Å². The Morgan fingerprint density at radius 2 is 1.94 bits per heavy atom. The van der Waals surface area contributed by atoms with Gasteiger partial charge in [-0.25, -0.2) is 4.79 Å². The molecule has 1 N–H and O–H groups in total. The largest absolute Gasteiger partial charge is 0.497 e. The Kier molecular flexibility index (Phi) is 6.10. The second kappa shape index (κ2) is 9.50. The highest BCUT2D eigenvalue weighted by molar-refractivity contribution is 5.95. The van der Waals surface area contributed by atoms with E-state index >= 15 is 0 Å². The van der Waals surface area contributed by atoms with E-state index in [1.807, 2.05) is 53.3 Å². The van der Waals surface area contributed by atoms with Gasteiger partial charge in [0.25, 0.3) is 0 Å². The zero-order chi connectivity index (χ0) is 24.4. The molecule has 5 rings (SSSR count). The van der Waals surface area contributed by atoms with Crippen LogP contribution >= 0.6 is 0 Å². The van der Waals surface area contributed by atoms with Crippen LogP contribution in [0.3, 0.4) is 0 Å². The minimum atomic E-state index is -0.512. The molecule has 5 aromatic rings. The molecule has 0 unspecified atom stereocenters. The first-order valence-corrected chi connectivity index (χ1v) is 11.4. The molecule has 0 spiro atoms. The first-order chi connectivity index (χ1) is 17.0. The molecule has 2 aromatic carbocycles. The van der Waals surface area contributed by atoms with E-state index in [1.165, 1.54) is 0 Å². The summed E-state index contributed by atoms with van der Waals surface area (Å²) in [4.78, 5) is 25.6. The molecular weight excluding hydrogens is 446 g/mol. The molecule has 0 radical (unpaired) electrons. The van der Waals surface area contributed by atoms with Gasteiger partial charge in [-0.3, -0.25) is 9.48 Å². The molecule has 3 heterocycles. The summed E-state index contributed by atoms with van der Waals surface area (Å²) < 4.78 is 18.6. The van der Waals surface area contributed by atoms with Gasteiger partial charge in [0.1, 0.15) is 28.2 Å². The molecule has 0 aliphatic heterocycles. The lowest BCUT2D eigenvalue weighted by Gasteiger charge is -2.08. The monoisotopic (exact) mass is 471 g/mol. The Balaban J connectivity index is 1.46.